The standard InChI is InChI=1S/C21H23NO3/c1-4-10-24-19-7-5-6-17(12-19)21(23)22-13-16(3)25-20-9-8-15(2)11-18(20)14-22/h4-9,11-12,16H,1,10,13-14H2,2-3H3. The average Bonchev–Trinajstić information content (AvgIpc) is 2.77. The summed E-state index contributed by atoms with van der Waals surface area (Å²) < 4.78 is 11.5. The van der Waals surface area contributed by atoms with E-state index >= 15 is 0 Å². The van der Waals surface area contributed by atoms with Gasteiger partial charge in [-0.15, -0.1) is 0 Å². The minimum Gasteiger partial charge on any atom is -0.490 e. The number of aryl methyl sites for hydroxylation is 1. The van der Waals surface area contributed by atoms with Crippen molar-refractivity contribution in [2.24, 2.45) is 0 Å². The highest BCUT2D eigenvalue weighted by molar-refractivity contribution is 5.94. The van der Waals surface area contributed by atoms with Crippen molar-refractivity contribution in [1.82, 2.24) is 4.90 Å². The maximum atomic E-state index is 13.0. The topological polar surface area (TPSA) is 38.8 Å². The molecule has 0 saturated carbocycles. The fraction of sp³-hybridized carbons (Fsp3) is 0.286. The van der Waals surface area contributed by atoms with E-state index in [-0.39, 0.29) is 12.0 Å². The molecule has 0 spiro atoms. The number of nitrogens with zero attached hydrogens (tertiary/aromatic N) is 1. The Bertz CT molecular complexity index is 784. The lowest BCUT2D eigenvalue weighted by Gasteiger charge is -2.22. The number of amides is 1. The van der Waals surface area contributed by atoms with Gasteiger partial charge in [-0.05, 0) is 38.1 Å². The smallest absolute Gasteiger partial charge is 0.254 e. The average molecular weight is 337 g/mol. The summed E-state index contributed by atoms with van der Waals surface area (Å²) in [6.07, 6.45) is 1.62. The fourth-order valence-electron chi connectivity index (χ4n) is 2.99. The van der Waals surface area contributed by atoms with Crippen LogP contribution in [0.1, 0.15) is 28.4 Å². The van der Waals surface area contributed by atoms with Crippen LogP contribution in [0.2, 0.25) is 0 Å². The van der Waals surface area contributed by atoms with E-state index in [1.807, 2.05) is 49.1 Å². The molecule has 4 heteroatoms. The minimum atomic E-state index is -0.0619. The molecule has 25 heavy (non-hydrogen) atoms. The van der Waals surface area contributed by atoms with Gasteiger partial charge in [0.05, 0.1) is 6.54 Å². The number of hydrogen-bond donors (Lipinski definition) is 0. The molecule has 4 nitrogen and oxygen atoms in total. The summed E-state index contributed by atoms with van der Waals surface area (Å²) in [7, 11) is 0. The molecule has 2 aromatic carbocycles. The van der Waals surface area contributed by atoms with Crippen LogP contribution in [0.15, 0.2) is 55.1 Å². The monoisotopic (exact) mass is 337 g/mol. The van der Waals surface area contributed by atoms with Crippen LogP contribution in [-0.4, -0.2) is 30.1 Å². The zero-order valence-corrected chi connectivity index (χ0v) is 14.7. The summed E-state index contributed by atoms with van der Waals surface area (Å²) in [6, 6.07) is 13.4. The summed E-state index contributed by atoms with van der Waals surface area (Å²) >= 11 is 0. The van der Waals surface area contributed by atoms with Crippen LogP contribution in [-0.2, 0) is 6.54 Å². The van der Waals surface area contributed by atoms with Crippen LogP contribution < -0.4 is 9.47 Å². The van der Waals surface area contributed by atoms with E-state index in [4.69, 9.17) is 9.47 Å². The van der Waals surface area contributed by atoms with Gasteiger partial charge >= 0.3 is 0 Å². The predicted octanol–water partition coefficient (Wildman–Crippen LogP) is 3.98. The Morgan fingerprint density at radius 3 is 3.00 bits per heavy atom. The third-order valence-corrected chi connectivity index (χ3v) is 4.12. The summed E-state index contributed by atoms with van der Waals surface area (Å²) in [6.45, 7) is 9.17. The molecule has 130 valence electrons. The van der Waals surface area contributed by atoms with Gasteiger partial charge in [-0.2, -0.15) is 0 Å². The van der Waals surface area contributed by atoms with Gasteiger partial charge in [0.15, 0.2) is 0 Å². The molecule has 0 bridgehead atoms. The van der Waals surface area contributed by atoms with E-state index in [1.165, 1.54) is 0 Å². The Morgan fingerprint density at radius 2 is 2.20 bits per heavy atom. The van der Waals surface area contributed by atoms with E-state index in [1.54, 1.807) is 12.1 Å². The second-order valence-corrected chi connectivity index (χ2v) is 6.35. The lowest BCUT2D eigenvalue weighted by molar-refractivity contribution is 0.0690. The summed E-state index contributed by atoms with van der Waals surface area (Å²) in [5.74, 6) is 1.51. The van der Waals surface area contributed by atoms with Crippen molar-refractivity contribution in [1.29, 1.82) is 0 Å². The normalized spacial score (nSPS) is 16.4. The minimum absolute atomic E-state index is 0.0196. The highest BCUT2D eigenvalue weighted by Gasteiger charge is 2.25. The van der Waals surface area contributed by atoms with E-state index in [0.29, 0.717) is 31.0 Å². The molecule has 2 aromatic rings. The molecule has 1 aliphatic heterocycles. The molecule has 0 N–H and O–H groups in total. The van der Waals surface area contributed by atoms with Crippen molar-refractivity contribution in [3.05, 3.63) is 71.8 Å². The summed E-state index contributed by atoms with van der Waals surface area (Å²) in [5, 5.41) is 0. The third kappa shape index (κ3) is 4.02. The van der Waals surface area contributed by atoms with Gasteiger partial charge in [0, 0.05) is 17.7 Å². The predicted molar refractivity (Wildman–Crippen MR) is 98.1 cm³/mol. The number of carbonyl (C=O) groups is 1. The van der Waals surface area contributed by atoms with E-state index in [0.717, 1.165) is 16.9 Å². The van der Waals surface area contributed by atoms with Crippen molar-refractivity contribution in [2.45, 2.75) is 26.5 Å². The molecule has 1 aliphatic rings. The van der Waals surface area contributed by atoms with Crippen molar-refractivity contribution >= 4 is 5.91 Å². The van der Waals surface area contributed by atoms with Gasteiger partial charge in [0.1, 0.15) is 24.2 Å². The SMILES string of the molecule is C=CCOc1cccc(C(=O)N2Cc3cc(C)ccc3OC(C)C2)c1. The van der Waals surface area contributed by atoms with Crippen LogP contribution in [0.5, 0.6) is 11.5 Å². The lowest BCUT2D eigenvalue weighted by atomic mass is 10.1. The van der Waals surface area contributed by atoms with Crippen molar-refractivity contribution < 1.29 is 14.3 Å². The Hall–Kier alpha value is -2.75. The number of hydrogen-bond acceptors (Lipinski definition) is 3. The van der Waals surface area contributed by atoms with Crippen molar-refractivity contribution in [3.63, 3.8) is 0 Å². The number of rotatable bonds is 4. The summed E-state index contributed by atoms with van der Waals surface area (Å²) in [4.78, 5) is 14.8. The van der Waals surface area contributed by atoms with E-state index in [2.05, 4.69) is 12.6 Å². The van der Waals surface area contributed by atoms with Crippen molar-refractivity contribution in [2.75, 3.05) is 13.2 Å². The van der Waals surface area contributed by atoms with Gasteiger partial charge < -0.3 is 14.4 Å². The first-order chi connectivity index (χ1) is 12.1. The maximum Gasteiger partial charge on any atom is 0.254 e. The third-order valence-electron chi connectivity index (χ3n) is 4.12. The number of carbonyl (C=O) groups excluding carboxylic acids is 1. The number of benzene rings is 2. The Balaban J connectivity index is 1.85. The molecule has 1 heterocycles. The highest BCUT2D eigenvalue weighted by atomic mass is 16.5. The number of ether oxygens (including phenoxy) is 2. The molecule has 1 unspecified atom stereocenters. The highest BCUT2D eigenvalue weighted by Crippen LogP contribution is 2.27. The van der Waals surface area contributed by atoms with Crippen LogP contribution in [0.25, 0.3) is 0 Å². The molecule has 0 aliphatic carbocycles. The van der Waals surface area contributed by atoms with Crippen LogP contribution in [0, 0.1) is 6.92 Å². The number of fused-ring (bicyclic) bond motifs is 1. The first-order valence-electron chi connectivity index (χ1n) is 8.46. The zero-order valence-electron chi connectivity index (χ0n) is 14.7. The summed E-state index contributed by atoms with van der Waals surface area (Å²) in [5.41, 5.74) is 2.81. The quantitative estimate of drug-likeness (QED) is 0.792. The zero-order chi connectivity index (χ0) is 17.8. The molecular weight excluding hydrogens is 314 g/mol. The molecule has 3 rings (SSSR count). The van der Waals surface area contributed by atoms with Gasteiger partial charge in [-0.3, -0.25) is 4.79 Å². The van der Waals surface area contributed by atoms with Gasteiger partial charge in [0.25, 0.3) is 5.91 Å². The Kier molecular flexibility index (Phi) is 5.08. The second-order valence-electron chi connectivity index (χ2n) is 6.35. The molecule has 0 aromatic heterocycles. The van der Waals surface area contributed by atoms with Gasteiger partial charge in [-0.1, -0.05) is 36.4 Å². The first-order valence-corrected chi connectivity index (χ1v) is 8.46. The fourth-order valence-corrected chi connectivity index (χ4v) is 2.99. The molecule has 0 fully saturated rings. The van der Waals surface area contributed by atoms with E-state index in [9.17, 15) is 4.79 Å². The lowest BCUT2D eigenvalue weighted by Crippen LogP contribution is -2.36. The molecular formula is C21H23NO3. The molecule has 1 amide bonds. The Labute approximate surface area is 148 Å². The Morgan fingerprint density at radius 1 is 1.36 bits per heavy atom. The molecule has 0 radical (unpaired) electrons. The second kappa shape index (κ2) is 7.43. The van der Waals surface area contributed by atoms with Crippen molar-refractivity contribution in [3.8, 4) is 11.5 Å². The van der Waals surface area contributed by atoms with Crippen LogP contribution in [0.4, 0.5) is 0 Å². The maximum absolute atomic E-state index is 13.0. The van der Waals surface area contributed by atoms with Gasteiger partial charge in [-0.25, -0.2) is 0 Å². The van der Waals surface area contributed by atoms with Gasteiger partial charge in [0.2, 0.25) is 0 Å². The largest absolute Gasteiger partial charge is 0.490 e. The first kappa shape index (κ1) is 17.1. The van der Waals surface area contributed by atoms with E-state index < -0.39 is 0 Å². The van der Waals surface area contributed by atoms with Crippen LogP contribution in [0.3, 0.4) is 0 Å². The molecule has 1 atom stereocenters. The molecule has 0 saturated heterocycles. The van der Waals surface area contributed by atoms with Crippen LogP contribution >= 0.6 is 0 Å².